The first-order chi connectivity index (χ1) is 7.83. The van der Waals surface area contributed by atoms with Crippen LogP contribution in [0.4, 0.5) is 5.69 Å². The monoisotopic (exact) mass is 213 g/mol. The molecule has 1 aliphatic heterocycles. The zero-order valence-electron chi connectivity index (χ0n) is 9.36. The van der Waals surface area contributed by atoms with Crippen LogP contribution in [0.5, 0.6) is 0 Å². The van der Waals surface area contributed by atoms with Crippen LogP contribution in [-0.2, 0) is 6.42 Å². The maximum atomic E-state index is 5.41. The average Bonchev–Trinajstić information content (AvgIpc) is 2.82. The lowest BCUT2D eigenvalue weighted by molar-refractivity contribution is 0.582. The van der Waals surface area contributed by atoms with E-state index >= 15 is 0 Å². The molecule has 1 atom stereocenters. The molecule has 16 heavy (non-hydrogen) atoms. The van der Waals surface area contributed by atoms with E-state index in [0.717, 1.165) is 12.2 Å². The highest BCUT2D eigenvalue weighted by molar-refractivity contribution is 5.65. The van der Waals surface area contributed by atoms with E-state index in [0.29, 0.717) is 6.04 Å². The first kappa shape index (κ1) is 9.52. The van der Waals surface area contributed by atoms with Crippen molar-refractivity contribution in [3.05, 3.63) is 42.2 Å². The van der Waals surface area contributed by atoms with Crippen molar-refractivity contribution in [3.8, 4) is 11.3 Å². The molecule has 82 valence electrons. The van der Waals surface area contributed by atoms with E-state index in [-0.39, 0.29) is 0 Å². The Bertz CT molecular complexity index is 487. The molecule has 2 aromatic rings. The second-order valence-electron chi connectivity index (χ2n) is 4.43. The van der Waals surface area contributed by atoms with Crippen LogP contribution < -0.4 is 5.32 Å². The molecule has 0 aliphatic carbocycles. The van der Waals surface area contributed by atoms with Crippen molar-refractivity contribution in [1.29, 1.82) is 0 Å². The summed E-state index contributed by atoms with van der Waals surface area (Å²) in [5.41, 5.74) is 3.83. The minimum absolute atomic E-state index is 0.585. The van der Waals surface area contributed by atoms with Gasteiger partial charge in [0.15, 0.2) is 0 Å². The van der Waals surface area contributed by atoms with E-state index in [1.807, 2.05) is 12.1 Å². The van der Waals surface area contributed by atoms with Crippen molar-refractivity contribution in [3.63, 3.8) is 0 Å². The van der Waals surface area contributed by atoms with E-state index in [1.165, 1.54) is 23.2 Å². The molecule has 1 N–H and O–H groups in total. The van der Waals surface area contributed by atoms with Crippen LogP contribution in [0.1, 0.15) is 18.9 Å². The highest BCUT2D eigenvalue weighted by Gasteiger charge is 2.14. The molecule has 0 radical (unpaired) electrons. The van der Waals surface area contributed by atoms with Crippen molar-refractivity contribution < 1.29 is 4.42 Å². The molecule has 0 fully saturated rings. The molecule has 0 saturated carbocycles. The van der Waals surface area contributed by atoms with Gasteiger partial charge in [0.25, 0.3) is 0 Å². The van der Waals surface area contributed by atoms with Gasteiger partial charge in [-0.2, -0.15) is 0 Å². The third-order valence-corrected chi connectivity index (χ3v) is 3.16. The van der Waals surface area contributed by atoms with Crippen molar-refractivity contribution in [2.45, 2.75) is 25.8 Å². The first-order valence-electron chi connectivity index (χ1n) is 5.76. The molecule has 2 heterocycles. The second kappa shape index (κ2) is 3.71. The minimum Gasteiger partial charge on any atom is -0.464 e. The Morgan fingerprint density at radius 3 is 3.06 bits per heavy atom. The van der Waals surface area contributed by atoms with Gasteiger partial charge >= 0.3 is 0 Å². The fourth-order valence-corrected chi connectivity index (χ4v) is 2.25. The molecule has 1 aromatic heterocycles. The van der Waals surface area contributed by atoms with Crippen LogP contribution in [0.15, 0.2) is 41.0 Å². The van der Waals surface area contributed by atoms with Gasteiger partial charge in [0.1, 0.15) is 5.76 Å². The SMILES string of the molecule is CC1CCc2cc(-c3ccco3)ccc2N1. The Balaban J connectivity index is 2.00. The zero-order valence-corrected chi connectivity index (χ0v) is 9.36. The van der Waals surface area contributed by atoms with Gasteiger partial charge in [-0.25, -0.2) is 0 Å². The van der Waals surface area contributed by atoms with Crippen molar-refractivity contribution in [2.24, 2.45) is 0 Å². The summed E-state index contributed by atoms with van der Waals surface area (Å²) in [7, 11) is 0. The minimum atomic E-state index is 0.585. The summed E-state index contributed by atoms with van der Waals surface area (Å²) in [6.07, 6.45) is 4.07. The Labute approximate surface area is 95.3 Å². The summed E-state index contributed by atoms with van der Waals surface area (Å²) >= 11 is 0. The van der Waals surface area contributed by atoms with Crippen LogP contribution >= 0.6 is 0 Å². The lowest BCUT2D eigenvalue weighted by Crippen LogP contribution is -2.21. The van der Waals surface area contributed by atoms with Crippen LogP contribution in [0.2, 0.25) is 0 Å². The Morgan fingerprint density at radius 2 is 2.25 bits per heavy atom. The molecule has 0 spiro atoms. The molecule has 0 amide bonds. The lowest BCUT2D eigenvalue weighted by Gasteiger charge is -2.24. The van der Waals surface area contributed by atoms with Crippen LogP contribution in [-0.4, -0.2) is 6.04 Å². The largest absolute Gasteiger partial charge is 0.464 e. The fourth-order valence-electron chi connectivity index (χ4n) is 2.25. The number of nitrogens with one attached hydrogen (secondary N) is 1. The van der Waals surface area contributed by atoms with Gasteiger partial charge in [-0.05, 0) is 55.7 Å². The number of hydrogen-bond donors (Lipinski definition) is 1. The number of rotatable bonds is 1. The fraction of sp³-hybridized carbons (Fsp3) is 0.286. The molecule has 2 heteroatoms. The van der Waals surface area contributed by atoms with E-state index in [1.54, 1.807) is 6.26 Å². The quantitative estimate of drug-likeness (QED) is 0.781. The number of aryl methyl sites for hydroxylation is 1. The molecule has 1 aliphatic rings. The van der Waals surface area contributed by atoms with Gasteiger partial charge in [0.2, 0.25) is 0 Å². The van der Waals surface area contributed by atoms with Gasteiger partial charge in [-0.1, -0.05) is 0 Å². The van der Waals surface area contributed by atoms with E-state index in [4.69, 9.17) is 4.42 Å². The van der Waals surface area contributed by atoms with Crippen molar-refractivity contribution >= 4 is 5.69 Å². The molecule has 3 rings (SSSR count). The summed E-state index contributed by atoms with van der Waals surface area (Å²) < 4.78 is 5.41. The first-order valence-corrected chi connectivity index (χ1v) is 5.76. The zero-order chi connectivity index (χ0) is 11.0. The second-order valence-corrected chi connectivity index (χ2v) is 4.43. The normalized spacial score (nSPS) is 18.9. The van der Waals surface area contributed by atoms with Gasteiger partial charge in [0, 0.05) is 17.3 Å². The Kier molecular flexibility index (Phi) is 2.21. The van der Waals surface area contributed by atoms with Crippen molar-refractivity contribution in [2.75, 3.05) is 5.32 Å². The van der Waals surface area contributed by atoms with Crippen molar-refractivity contribution in [1.82, 2.24) is 0 Å². The number of benzene rings is 1. The topological polar surface area (TPSA) is 25.2 Å². The summed E-state index contributed by atoms with van der Waals surface area (Å²) in [4.78, 5) is 0. The van der Waals surface area contributed by atoms with E-state index in [9.17, 15) is 0 Å². The maximum absolute atomic E-state index is 5.41. The summed E-state index contributed by atoms with van der Waals surface area (Å²) in [5, 5.41) is 3.50. The summed E-state index contributed by atoms with van der Waals surface area (Å²) in [6.45, 7) is 2.23. The Hall–Kier alpha value is -1.70. The number of anilines is 1. The third kappa shape index (κ3) is 1.60. The number of hydrogen-bond acceptors (Lipinski definition) is 2. The van der Waals surface area contributed by atoms with Crippen LogP contribution in [0.25, 0.3) is 11.3 Å². The van der Waals surface area contributed by atoms with E-state index < -0.39 is 0 Å². The van der Waals surface area contributed by atoms with E-state index in [2.05, 4.69) is 30.4 Å². The molecule has 1 aromatic carbocycles. The molecule has 0 bridgehead atoms. The predicted octanol–water partition coefficient (Wildman–Crippen LogP) is 3.69. The molecular formula is C14H15NO. The molecule has 2 nitrogen and oxygen atoms in total. The highest BCUT2D eigenvalue weighted by Crippen LogP contribution is 2.29. The average molecular weight is 213 g/mol. The maximum Gasteiger partial charge on any atom is 0.133 e. The standard InChI is InChI=1S/C14H15NO/c1-10-4-5-11-9-12(6-7-13(11)15-10)14-3-2-8-16-14/h2-3,6-10,15H,4-5H2,1H3. The third-order valence-electron chi connectivity index (χ3n) is 3.16. The van der Waals surface area contributed by atoms with Crippen LogP contribution in [0.3, 0.4) is 0 Å². The lowest BCUT2D eigenvalue weighted by atomic mass is 9.96. The predicted molar refractivity (Wildman–Crippen MR) is 65.5 cm³/mol. The summed E-state index contributed by atoms with van der Waals surface area (Å²) in [5.74, 6) is 0.946. The molecular weight excluding hydrogens is 198 g/mol. The Morgan fingerprint density at radius 1 is 1.31 bits per heavy atom. The number of furan rings is 1. The van der Waals surface area contributed by atoms with Gasteiger partial charge in [-0.3, -0.25) is 0 Å². The summed E-state index contributed by atoms with van der Waals surface area (Å²) in [6, 6.07) is 11.0. The van der Waals surface area contributed by atoms with Gasteiger partial charge < -0.3 is 9.73 Å². The highest BCUT2D eigenvalue weighted by atomic mass is 16.3. The van der Waals surface area contributed by atoms with Crippen LogP contribution in [0, 0.1) is 0 Å². The van der Waals surface area contributed by atoms with Gasteiger partial charge in [0.05, 0.1) is 6.26 Å². The number of fused-ring (bicyclic) bond motifs is 1. The smallest absolute Gasteiger partial charge is 0.133 e. The molecule has 0 saturated heterocycles. The van der Waals surface area contributed by atoms with Gasteiger partial charge in [-0.15, -0.1) is 0 Å². The molecule has 1 unspecified atom stereocenters.